The summed E-state index contributed by atoms with van der Waals surface area (Å²) in [5.41, 5.74) is 4.63. The Balaban J connectivity index is 1.11. The van der Waals surface area contributed by atoms with Gasteiger partial charge in [-0.1, -0.05) is 36.4 Å². The number of rotatable bonds is 15. The van der Waals surface area contributed by atoms with Crippen molar-refractivity contribution < 1.29 is 28.4 Å². The maximum absolute atomic E-state index is 6.54. The average Bonchev–Trinajstić information content (AvgIpc) is 3.04. The molecule has 0 aliphatic carbocycles. The normalized spacial score (nSPS) is 18.3. The molecule has 2 heterocycles. The van der Waals surface area contributed by atoms with Gasteiger partial charge < -0.3 is 38.6 Å². The molecule has 0 saturated carbocycles. The van der Waals surface area contributed by atoms with E-state index in [1.165, 1.54) is 5.56 Å². The van der Waals surface area contributed by atoms with E-state index >= 15 is 0 Å². The fraction of sp³-hybridized carbons (Fsp3) is 0.471. The number of para-hydroxylation sites is 1. The molecule has 1 saturated heterocycles. The largest absolute Gasteiger partial charge is 0.496 e. The van der Waals surface area contributed by atoms with E-state index in [0.717, 1.165) is 79.7 Å². The Labute approximate surface area is 249 Å². The second-order valence-electron chi connectivity index (χ2n) is 10.7. The molecule has 5 rings (SSSR count). The summed E-state index contributed by atoms with van der Waals surface area (Å²) < 4.78 is 34.8. The van der Waals surface area contributed by atoms with Crippen LogP contribution in [0.3, 0.4) is 0 Å². The van der Waals surface area contributed by atoms with E-state index in [2.05, 4.69) is 52.7 Å². The second-order valence-corrected chi connectivity index (χ2v) is 10.7. The van der Waals surface area contributed by atoms with E-state index in [9.17, 15) is 0 Å². The van der Waals surface area contributed by atoms with Crippen molar-refractivity contribution in [3.63, 3.8) is 0 Å². The molecule has 3 aromatic rings. The van der Waals surface area contributed by atoms with Crippen LogP contribution in [0.4, 0.5) is 5.69 Å². The van der Waals surface area contributed by atoms with Gasteiger partial charge in [0.25, 0.3) is 0 Å². The van der Waals surface area contributed by atoms with E-state index < -0.39 is 0 Å². The van der Waals surface area contributed by atoms with Gasteiger partial charge >= 0.3 is 0 Å². The second kappa shape index (κ2) is 15.8. The van der Waals surface area contributed by atoms with Crippen molar-refractivity contribution in [2.45, 2.75) is 38.1 Å². The summed E-state index contributed by atoms with van der Waals surface area (Å²) in [6.07, 6.45) is 2.12. The molecule has 0 radical (unpaired) electrons. The highest BCUT2D eigenvalue weighted by molar-refractivity contribution is 5.61. The number of anilines is 1. The topological polar surface area (TPSA) is 70.7 Å². The molecule has 8 nitrogen and oxygen atoms in total. The van der Waals surface area contributed by atoms with Gasteiger partial charge in [0.05, 0.1) is 45.3 Å². The van der Waals surface area contributed by atoms with Crippen molar-refractivity contribution in [1.82, 2.24) is 5.32 Å². The van der Waals surface area contributed by atoms with E-state index in [1.807, 2.05) is 24.3 Å². The summed E-state index contributed by atoms with van der Waals surface area (Å²) in [4.78, 5) is 2.39. The van der Waals surface area contributed by atoms with Gasteiger partial charge in [-0.25, -0.2) is 0 Å². The lowest BCUT2D eigenvalue weighted by molar-refractivity contribution is 0.0106. The predicted octanol–water partition coefficient (Wildman–Crippen LogP) is 5.19. The number of hydrogen-bond donors (Lipinski definition) is 1. The Morgan fingerprint density at radius 3 is 2.69 bits per heavy atom. The number of benzene rings is 3. The number of ether oxygens (including phenoxy) is 6. The van der Waals surface area contributed by atoms with Gasteiger partial charge in [0.2, 0.25) is 0 Å². The van der Waals surface area contributed by atoms with Crippen LogP contribution in [0.1, 0.15) is 35.4 Å². The Bertz CT molecular complexity index is 1240. The molecule has 2 aliphatic heterocycles. The van der Waals surface area contributed by atoms with E-state index in [1.54, 1.807) is 14.2 Å². The standard InChI is InChI=1S/C34H44N2O6/c1-37-18-5-16-36-17-19-41-33-13-8-26(22-31(33)36)24-42-34-23-35-15-14-30(34)27-9-11-29(12-10-27)40-21-20-39-25-28-6-3-4-7-32(28)38-2/h3-4,6-13,22,30,34-35H,5,14-21,23-25H2,1-2H3. The minimum Gasteiger partial charge on any atom is -0.496 e. The van der Waals surface area contributed by atoms with E-state index in [-0.39, 0.29) is 6.10 Å². The molecular weight excluding hydrogens is 532 g/mol. The monoisotopic (exact) mass is 576 g/mol. The van der Waals surface area contributed by atoms with Crippen molar-refractivity contribution in [2.75, 3.05) is 71.7 Å². The Morgan fingerprint density at radius 1 is 0.952 bits per heavy atom. The molecule has 2 aliphatic rings. The van der Waals surface area contributed by atoms with Gasteiger partial charge in [-0.2, -0.15) is 0 Å². The predicted molar refractivity (Wildman–Crippen MR) is 164 cm³/mol. The molecule has 2 unspecified atom stereocenters. The van der Waals surface area contributed by atoms with Gasteiger partial charge in [-0.05, 0) is 60.8 Å². The van der Waals surface area contributed by atoms with Crippen LogP contribution in [-0.4, -0.2) is 72.9 Å². The van der Waals surface area contributed by atoms with Crippen LogP contribution in [0.25, 0.3) is 0 Å². The first-order chi connectivity index (χ1) is 20.7. The van der Waals surface area contributed by atoms with Gasteiger partial charge in [-0.3, -0.25) is 0 Å². The summed E-state index contributed by atoms with van der Waals surface area (Å²) in [7, 11) is 3.43. The van der Waals surface area contributed by atoms with E-state index in [4.69, 9.17) is 28.4 Å². The SMILES string of the molecule is COCCCN1CCOc2ccc(COC3CNCCC3c3ccc(OCCOCc4ccccc4OC)cc3)cc21. The van der Waals surface area contributed by atoms with Crippen molar-refractivity contribution in [2.24, 2.45) is 0 Å². The molecule has 0 spiro atoms. The summed E-state index contributed by atoms with van der Waals surface area (Å²) in [5, 5.41) is 3.52. The maximum Gasteiger partial charge on any atom is 0.142 e. The number of methoxy groups -OCH3 is 2. The highest BCUT2D eigenvalue weighted by Gasteiger charge is 2.27. The zero-order valence-electron chi connectivity index (χ0n) is 24.9. The van der Waals surface area contributed by atoms with Gasteiger partial charge in [0, 0.05) is 38.3 Å². The lowest BCUT2D eigenvalue weighted by Crippen LogP contribution is -2.41. The molecule has 0 bridgehead atoms. The lowest BCUT2D eigenvalue weighted by Gasteiger charge is -2.33. The zero-order valence-corrected chi connectivity index (χ0v) is 24.9. The van der Waals surface area contributed by atoms with Crippen LogP contribution in [0.15, 0.2) is 66.7 Å². The molecule has 0 amide bonds. The zero-order chi connectivity index (χ0) is 29.0. The fourth-order valence-electron chi connectivity index (χ4n) is 5.66. The van der Waals surface area contributed by atoms with E-state index in [0.29, 0.717) is 39.0 Å². The number of piperidine rings is 1. The first-order valence-corrected chi connectivity index (χ1v) is 15.0. The highest BCUT2D eigenvalue weighted by atomic mass is 16.5. The smallest absolute Gasteiger partial charge is 0.142 e. The minimum absolute atomic E-state index is 0.0963. The summed E-state index contributed by atoms with van der Waals surface area (Å²) in [5.74, 6) is 2.96. The third-order valence-electron chi connectivity index (χ3n) is 7.90. The third kappa shape index (κ3) is 8.16. The van der Waals surface area contributed by atoms with Crippen molar-refractivity contribution in [3.8, 4) is 17.2 Å². The molecule has 0 aromatic heterocycles. The lowest BCUT2D eigenvalue weighted by atomic mass is 9.87. The minimum atomic E-state index is 0.0963. The van der Waals surface area contributed by atoms with Crippen LogP contribution in [-0.2, 0) is 27.4 Å². The fourth-order valence-corrected chi connectivity index (χ4v) is 5.66. The number of nitrogens with zero attached hydrogens (tertiary/aromatic N) is 1. The molecule has 226 valence electrons. The Kier molecular flexibility index (Phi) is 11.3. The highest BCUT2D eigenvalue weighted by Crippen LogP contribution is 2.34. The van der Waals surface area contributed by atoms with Crippen LogP contribution in [0.2, 0.25) is 0 Å². The van der Waals surface area contributed by atoms with Crippen LogP contribution in [0, 0.1) is 0 Å². The summed E-state index contributed by atoms with van der Waals surface area (Å²) in [6.45, 7) is 7.21. The molecule has 1 fully saturated rings. The summed E-state index contributed by atoms with van der Waals surface area (Å²) in [6, 6.07) is 22.8. The van der Waals surface area contributed by atoms with Crippen LogP contribution >= 0.6 is 0 Å². The van der Waals surface area contributed by atoms with Crippen LogP contribution < -0.4 is 24.4 Å². The van der Waals surface area contributed by atoms with Crippen molar-refractivity contribution in [1.29, 1.82) is 0 Å². The van der Waals surface area contributed by atoms with Gasteiger partial charge in [-0.15, -0.1) is 0 Å². The summed E-state index contributed by atoms with van der Waals surface area (Å²) >= 11 is 0. The number of nitrogens with one attached hydrogen (secondary N) is 1. The first-order valence-electron chi connectivity index (χ1n) is 15.0. The molecule has 3 aromatic carbocycles. The quantitative estimate of drug-likeness (QED) is 0.248. The van der Waals surface area contributed by atoms with Crippen molar-refractivity contribution in [3.05, 3.63) is 83.4 Å². The third-order valence-corrected chi connectivity index (χ3v) is 7.90. The van der Waals surface area contributed by atoms with Gasteiger partial charge in [0.15, 0.2) is 0 Å². The molecule has 2 atom stereocenters. The molecular formula is C34H44N2O6. The van der Waals surface area contributed by atoms with Crippen molar-refractivity contribution >= 4 is 5.69 Å². The number of hydrogen-bond acceptors (Lipinski definition) is 8. The maximum atomic E-state index is 6.54. The molecule has 1 N–H and O–H groups in total. The first kappa shape index (κ1) is 30.2. The molecule has 8 heteroatoms. The number of fused-ring (bicyclic) bond motifs is 1. The average molecular weight is 577 g/mol. The van der Waals surface area contributed by atoms with Crippen LogP contribution in [0.5, 0.6) is 17.2 Å². The Hall–Kier alpha value is -3.30. The van der Waals surface area contributed by atoms with Gasteiger partial charge in [0.1, 0.15) is 30.5 Å². The Morgan fingerprint density at radius 2 is 1.83 bits per heavy atom. The molecule has 42 heavy (non-hydrogen) atoms.